The molecule has 0 bridgehead atoms. The van der Waals surface area contributed by atoms with Gasteiger partial charge in [-0.05, 0) is 12.1 Å². The number of halogens is 1. The molecule has 0 fully saturated rings. The van der Waals surface area contributed by atoms with Crippen LogP contribution in [0.2, 0.25) is 5.02 Å². The Morgan fingerprint density at radius 3 is 2.76 bits per heavy atom. The van der Waals surface area contributed by atoms with Crippen molar-refractivity contribution in [2.45, 2.75) is 6.04 Å². The molecule has 1 unspecified atom stereocenters. The summed E-state index contributed by atoms with van der Waals surface area (Å²) in [5.74, 6) is -0.205. The Morgan fingerprint density at radius 2 is 2.18 bits per heavy atom. The third-order valence-corrected chi connectivity index (χ3v) is 2.84. The second-order valence-corrected chi connectivity index (χ2v) is 4.18. The molecule has 0 aliphatic carbocycles. The van der Waals surface area contributed by atoms with Gasteiger partial charge in [-0.15, -0.1) is 0 Å². The van der Waals surface area contributed by atoms with E-state index in [0.29, 0.717) is 16.1 Å². The predicted molar refractivity (Wildman–Crippen MR) is 65.9 cm³/mol. The van der Waals surface area contributed by atoms with Gasteiger partial charge in [-0.25, -0.2) is 0 Å². The van der Waals surface area contributed by atoms with Crippen molar-refractivity contribution in [1.29, 1.82) is 0 Å². The van der Waals surface area contributed by atoms with Crippen molar-refractivity contribution in [2.24, 2.45) is 12.8 Å². The molecule has 0 spiro atoms. The fourth-order valence-electron chi connectivity index (χ4n) is 1.58. The number of carbonyl (C=O) groups is 1. The molecule has 1 aromatic carbocycles. The zero-order chi connectivity index (χ0) is 12.4. The molecule has 1 heterocycles. The summed E-state index contributed by atoms with van der Waals surface area (Å²) >= 11 is 5.96. The summed E-state index contributed by atoms with van der Waals surface area (Å²) in [6.45, 7) is 0. The smallest absolute Gasteiger partial charge is 0.185 e. The number of aryl methyl sites for hydroxylation is 1. The first-order valence-corrected chi connectivity index (χ1v) is 5.50. The van der Waals surface area contributed by atoms with Gasteiger partial charge >= 0.3 is 0 Å². The van der Waals surface area contributed by atoms with Crippen LogP contribution in [0.1, 0.15) is 22.0 Å². The molecule has 1 aromatic heterocycles. The molecule has 0 saturated heterocycles. The highest BCUT2D eigenvalue weighted by Gasteiger charge is 2.20. The van der Waals surface area contributed by atoms with Gasteiger partial charge in [-0.2, -0.15) is 5.10 Å². The highest BCUT2D eigenvalue weighted by Crippen LogP contribution is 2.21. The molecule has 0 amide bonds. The third-order valence-electron chi connectivity index (χ3n) is 2.51. The van der Waals surface area contributed by atoms with Crippen LogP contribution in [0.4, 0.5) is 0 Å². The van der Waals surface area contributed by atoms with E-state index in [9.17, 15) is 4.79 Å². The quantitative estimate of drug-likeness (QED) is 0.846. The van der Waals surface area contributed by atoms with Crippen LogP contribution < -0.4 is 5.73 Å². The average molecular weight is 250 g/mol. The SMILES string of the molecule is Cn1cc(C(N)C(=O)c2ccccc2Cl)cn1. The predicted octanol–water partition coefficient (Wildman–Crippen LogP) is 1.96. The van der Waals surface area contributed by atoms with E-state index in [0.717, 1.165) is 0 Å². The minimum Gasteiger partial charge on any atom is -0.317 e. The number of aromatic nitrogens is 2. The fraction of sp³-hybridized carbons (Fsp3) is 0.167. The van der Waals surface area contributed by atoms with Crippen LogP contribution in [0.3, 0.4) is 0 Å². The molecule has 2 N–H and O–H groups in total. The normalized spacial score (nSPS) is 12.4. The lowest BCUT2D eigenvalue weighted by atomic mass is 10.0. The van der Waals surface area contributed by atoms with Gasteiger partial charge in [0.15, 0.2) is 5.78 Å². The van der Waals surface area contributed by atoms with Crippen molar-refractivity contribution in [3.63, 3.8) is 0 Å². The monoisotopic (exact) mass is 249 g/mol. The Kier molecular flexibility index (Phi) is 3.26. The Morgan fingerprint density at radius 1 is 1.47 bits per heavy atom. The maximum atomic E-state index is 12.1. The van der Waals surface area contributed by atoms with Crippen LogP contribution in [0.25, 0.3) is 0 Å². The Bertz CT molecular complexity index is 550. The number of nitrogens with two attached hydrogens (primary N) is 1. The molecule has 2 rings (SSSR count). The van der Waals surface area contributed by atoms with Gasteiger partial charge in [0.05, 0.1) is 17.3 Å². The van der Waals surface area contributed by atoms with Gasteiger partial charge in [-0.1, -0.05) is 23.7 Å². The van der Waals surface area contributed by atoms with Crippen LogP contribution in [0, 0.1) is 0 Å². The molecule has 5 heteroatoms. The number of nitrogens with zero attached hydrogens (tertiary/aromatic N) is 2. The highest BCUT2D eigenvalue weighted by atomic mass is 35.5. The lowest BCUT2D eigenvalue weighted by Gasteiger charge is -2.09. The van der Waals surface area contributed by atoms with E-state index in [1.165, 1.54) is 0 Å². The number of hydrogen-bond acceptors (Lipinski definition) is 3. The molecule has 1 atom stereocenters. The van der Waals surface area contributed by atoms with Gasteiger partial charge < -0.3 is 5.73 Å². The molecule has 17 heavy (non-hydrogen) atoms. The lowest BCUT2D eigenvalue weighted by Crippen LogP contribution is -2.21. The maximum absolute atomic E-state index is 12.1. The van der Waals surface area contributed by atoms with Crippen molar-refractivity contribution in [1.82, 2.24) is 9.78 Å². The molecule has 2 aromatic rings. The summed E-state index contributed by atoms with van der Waals surface area (Å²) in [5, 5.41) is 4.40. The van der Waals surface area contributed by atoms with Crippen molar-refractivity contribution >= 4 is 17.4 Å². The van der Waals surface area contributed by atoms with Gasteiger partial charge in [0.25, 0.3) is 0 Å². The molecule has 0 aliphatic heterocycles. The Labute approximate surface area is 104 Å². The van der Waals surface area contributed by atoms with Crippen LogP contribution in [0.5, 0.6) is 0 Å². The van der Waals surface area contributed by atoms with Crippen molar-refractivity contribution < 1.29 is 4.79 Å². The number of hydrogen-bond donors (Lipinski definition) is 1. The molecular formula is C12H12ClN3O. The van der Waals surface area contributed by atoms with E-state index in [-0.39, 0.29) is 5.78 Å². The van der Waals surface area contributed by atoms with Crippen LogP contribution in [0.15, 0.2) is 36.7 Å². The van der Waals surface area contributed by atoms with E-state index >= 15 is 0 Å². The Balaban J connectivity index is 2.30. The van der Waals surface area contributed by atoms with Crippen molar-refractivity contribution in [3.8, 4) is 0 Å². The molecular weight excluding hydrogens is 238 g/mol. The first-order chi connectivity index (χ1) is 8.09. The topological polar surface area (TPSA) is 60.9 Å². The minimum atomic E-state index is -0.733. The second-order valence-electron chi connectivity index (χ2n) is 3.77. The second kappa shape index (κ2) is 4.69. The van der Waals surface area contributed by atoms with E-state index in [1.54, 1.807) is 48.4 Å². The fourth-order valence-corrected chi connectivity index (χ4v) is 1.81. The molecule has 0 saturated carbocycles. The van der Waals surface area contributed by atoms with E-state index in [1.807, 2.05) is 0 Å². The maximum Gasteiger partial charge on any atom is 0.185 e. The number of carbonyl (C=O) groups excluding carboxylic acids is 1. The standard InChI is InChI=1S/C12H12ClN3O/c1-16-7-8(6-15-16)11(14)12(17)9-4-2-3-5-10(9)13/h2-7,11H,14H2,1H3. The number of benzene rings is 1. The molecule has 4 nitrogen and oxygen atoms in total. The Hall–Kier alpha value is -1.65. The van der Waals surface area contributed by atoms with E-state index in [4.69, 9.17) is 17.3 Å². The number of rotatable bonds is 3. The van der Waals surface area contributed by atoms with Gasteiger partial charge in [0, 0.05) is 24.4 Å². The van der Waals surface area contributed by atoms with Gasteiger partial charge in [-0.3, -0.25) is 9.48 Å². The zero-order valence-corrected chi connectivity index (χ0v) is 10.1. The summed E-state index contributed by atoms with van der Waals surface area (Å²) in [7, 11) is 1.77. The number of Topliss-reactive ketones (excluding diaryl/α,β-unsaturated/α-hetero) is 1. The largest absolute Gasteiger partial charge is 0.317 e. The van der Waals surface area contributed by atoms with Crippen molar-refractivity contribution in [3.05, 3.63) is 52.8 Å². The van der Waals surface area contributed by atoms with Gasteiger partial charge in [0.2, 0.25) is 0 Å². The molecule has 88 valence electrons. The minimum absolute atomic E-state index is 0.205. The first-order valence-electron chi connectivity index (χ1n) is 5.12. The first kappa shape index (κ1) is 11.8. The van der Waals surface area contributed by atoms with Gasteiger partial charge in [0.1, 0.15) is 0 Å². The van der Waals surface area contributed by atoms with Crippen molar-refractivity contribution in [2.75, 3.05) is 0 Å². The van der Waals surface area contributed by atoms with Crippen LogP contribution in [-0.4, -0.2) is 15.6 Å². The van der Waals surface area contributed by atoms with E-state index < -0.39 is 6.04 Å². The van der Waals surface area contributed by atoms with Crippen LogP contribution >= 0.6 is 11.6 Å². The summed E-state index contributed by atoms with van der Waals surface area (Å²) in [6.07, 6.45) is 3.30. The third kappa shape index (κ3) is 2.38. The zero-order valence-electron chi connectivity index (χ0n) is 9.30. The molecule has 0 radical (unpaired) electrons. The van der Waals surface area contributed by atoms with E-state index in [2.05, 4.69) is 5.10 Å². The molecule has 0 aliphatic rings. The summed E-state index contributed by atoms with van der Waals surface area (Å²) in [5.41, 5.74) is 7.01. The lowest BCUT2D eigenvalue weighted by molar-refractivity contribution is 0.0961. The van der Waals surface area contributed by atoms with Crippen LogP contribution in [-0.2, 0) is 7.05 Å². The average Bonchev–Trinajstić information content (AvgIpc) is 2.75. The summed E-state index contributed by atoms with van der Waals surface area (Å²) in [6, 6.07) is 6.14. The summed E-state index contributed by atoms with van der Waals surface area (Å²) in [4.78, 5) is 12.1. The highest BCUT2D eigenvalue weighted by molar-refractivity contribution is 6.34. The number of ketones is 1. The summed E-state index contributed by atoms with van der Waals surface area (Å²) < 4.78 is 1.61.